The number of amides is 1. The molecule has 2 atom stereocenters. The second-order valence-corrected chi connectivity index (χ2v) is 6.02. The summed E-state index contributed by atoms with van der Waals surface area (Å²) in [6.07, 6.45) is 2.71. The Bertz CT molecular complexity index is 585. The van der Waals surface area contributed by atoms with E-state index >= 15 is 0 Å². The van der Waals surface area contributed by atoms with Crippen molar-refractivity contribution in [1.82, 2.24) is 5.32 Å². The van der Waals surface area contributed by atoms with Crippen molar-refractivity contribution in [3.8, 4) is 0 Å². The molecule has 5 nitrogen and oxygen atoms in total. The van der Waals surface area contributed by atoms with Crippen molar-refractivity contribution in [3.05, 3.63) is 29.3 Å². The molecular weight excluding hydrogens is 268 g/mol. The van der Waals surface area contributed by atoms with Gasteiger partial charge in [0.1, 0.15) is 0 Å². The summed E-state index contributed by atoms with van der Waals surface area (Å²) in [6, 6.07) is 4.90. The molecule has 2 aliphatic rings. The molecule has 21 heavy (non-hydrogen) atoms. The van der Waals surface area contributed by atoms with Crippen LogP contribution < -0.4 is 10.2 Å². The zero-order chi connectivity index (χ0) is 15.0. The van der Waals surface area contributed by atoms with Crippen LogP contribution in [-0.4, -0.2) is 36.1 Å². The molecule has 1 amide bonds. The Morgan fingerprint density at radius 2 is 2.19 bits per heavy atom. The van der Waals surface area contributed by atoms with Crippen LogP contribution in [-0.2, 0) is 11.2 Å². The maximum atomic E-state index is 12.7. The molecule has 1 aromatic rings. The highest BCUT2D eigenvalue weighted by molar-refractivity contribution is 6.00. The number of rotatable bonds is 2. The largest absolute Gasteiger partial charge is 0.478 e. The monoisotopic (exact) mass is 288 g/mol. The zero-order valence-corrected chi connectivity index (χ0v) is 12.1. The van der Waals surface area contributed by atoms with Gasteiger partial charge >= 0.3 is 5.97 Å². The number of piperidine rings is 1. The lowest BCUT2D eigenvalue weighted by atomic mass is 9.93. The molecule has 1 aromatic carbocycles. The van der Waals surface area contributed by atoms with Crippen molar-refractivity contribution in [1.29, 1.82) is 0 Å². The molecule has 2 N–H and O–H groups in total. The third-order valence-corrected chi connectivity index (χ3v) is 4.45. The lowest BCUT2D eigenvalue weighted by Gasteiger charge is -2.30. The van der Waals surface area contributed by atoms with Crippen molar-refractivity contribution in [2.24, 2.45) is 5.92 Å². The number of carboxylic acids is 1. The van der Waals surface area contributed by atoms with Gasteiger partial charge in [-0.25, -0.2) is 4.79 Å². The van der Waals surface area contributed by atoms with Gasteiger partial charge in [-0.15, -0.1) is 0 Å². The lowest BCUT2D eigenvalue weighted by molar-refractivity contribution is -0.121. The number of anilines is 1. The first kappa shape index (κ1) is 14.1. The first-order chi connectivity index (χ1) is 10.1. The van der Waals surface area contributed by atoms with E-state index in [2.05, 4.69) is 12.2 Å². The molecule has 0 saturated carbocycles. The Morgan fingerprint density at radius 1 is 1.38 bits per heavy atom. The van der Waals surface area contributed by atoms with Gasteiger partial charge in [0, 0.05) is 12.2 Å². The summed E-state index contributed by atoms with van der Waals surface area (Å²) in [5, 5.41) is 12.3. The van der Waals surface area contributed by atoms with Gasteiger partial charge in [-0.05, 0) is 55.5 Å². The van der Waals surface area contributed by atoms with E-state index in [1.54, 1.807) is 23.1 Å². The van der Waals surface area contributed by atoms with Gasteiger partial charge in [0.2, 0.25) is 5.91 Å². The average Bonchev–Trinajstić information content (AvgIpc) is 2.89. The highest BCUT2D eigenvalue weighted by atomic mass is 16.4. The fourth-order valence-corrected chi connectivity index (χ4v) is 3.25. The highest BCUT2D eigenvalue weighted by Gasteiger charge is 2.32. The predicted molar refractivity (Wildman–Crippen MR) is 79.6 cm³/mol. The molecule has 1 fully saturated rings. The van der Waals surface area contributed by atoms with E-state index in [0.717, 1.165) is 37.1 Å². The van der Waals surface area contributed by atoms with Crippen molar-refractivity contribution >= 4 is 17.6 Å². The van der Waals surface area contributed by atoms with Crippen LogP contribution in [0.2, 0.25) is 0 Å². The number of fused-ring (bicyclic) bond motifs is 1. The normalized spacial score (nSPS) is 24.7. The van der Waals surface area contributed by atoms with Gasteiger partial charge in [0.25, 0.3) is 0 Å². The van der Waals surface area contributed by atoms with Gasteiger partial charge < -0.3 is 15.3 Å². The second kappa shape index (κ2) is 5.48. The lowest BCUT2D eigenvalue weighted by Crippen LogP contribution is -2.49. The smallest absolute Gasteiger partial charge is 0.335 e. The van der Waals surface area contributed by atoms with Crippen LogP contribution in [0.4, 0.5) is 5.69 Å². The van der Waals surface area contributed by atoms with Gasteiger partial charge in [-0.3, -0.25) is 4.79 Å². The van der Waals surface area contributed by atoms with Gasteiger partial charge in [-0.1, -0.05) is 6.92 Å². The number of aromatic carboxylic acids is 1. The summed E-state index contributed by atoms with van der Waals surface area (Å²) in [4.78, 5) is 25.5. The number of nitrogens with one attached hydrogen (secondary N) is 1. The molecule has 5 heteroatoms. The van der Waals surface area contributed by atoms with Crippen LogP contribution >= 0.6 is 0 Å². The van der Waals surface area contributed by atoms with E-state index < -0.39 is 5.97 Å². The fourth-order valence-electron chi connectivity index (χ4n) is 3.25. The Kier molecular flexibility index (Phi) is 3.68. The Labute approximate surface area is 123 Å². The number of nitrogens with zero attached hydrogens (tertiary/aromatic N) is 1. The fraction of sp³-hybridized carbons (Fsp3) is 0.500. The number of carbonyl (C=O) groups is 2. The van der Waals surface area contributed by atoms with E-state index in [9.17, 15) is 9.59 Å². The molecule has 0 aromatic heterocycles. The summed E-state index contributed by atoms with van der Waals surface area (Å²) >= 11 is 0. The Morgan fingerprint density at radius 3 is 2.90 bits per heavy atom. The van der Waals surface area contributed by atoms with E-state index in [4.69, 9.17) is 5.11 Å². The molecular formula is C16H20N2O3. The quantitative estimate of drug-likeness (QED) is 0.868. The predicted octanol–water partition coefficient (Wildman–Crippen LogP) is 1.66. The average molecular weight is 288 g/mol. The minimum Gasteiger partial charge on any atom is -0.478 e. The Hall–Kier alpha value is -1.88. The number of benzene rings is 1. The molecule has 2 aliphatic heterocycles. The molecule has 3 rings (SSSR count). The number of hydrogen-bond acceptors (Lipinski definition) is 3. The van der Waals surface area contributed by atoms with E-state index in [1.807, 2.05) is 0 Å². The van der Waals surface area contributed by atoms with Crippen LogP contribution in [0.15, 0.2) is 18.2 Å². The van der Waals surface area contributed by atoms with Crippen LogP contribution in [0, 0.1) is 5.92 Å². The van der Waals surface area contributed by atoms with Crippen molar-refractivity contribution < 1.29 is 14.7 Å². The molecule has 112 valence electrons. The SMILES string of the molecule is CC1CCNC(C(=O)N2CCc3cc(C(=O)O)ccc32)C1. The molecule has 0 bridgehead atoms. The zero-order valence-electron chi connectivity index (χ0n) is 12.1. The maximum absolute atomic E-state index is 12.7. The standard InChI is InChI=1S/C16H20N2O3/c1-10-4-6-17-13(8-10)15(19)18-7-5-11-9-12(16(20)21)2-3-14(11)18/h2-3,9-10,13,17H,4-8H2,1H3,(H,20,21). The topological polar surface area (TPSA) is 69.6 Å². The summed E-state index contributed by atoms with van der Waals surface area (Å²) < 4.78 is 0. The van der Waals surface area contributed by atoms with Crippen LogP contribution in [0.5, 0.6) is 0 Å². The first-order valence-electron chi connectivity index (χ1n) is 7.47. The van der Waals surface area contributed by atoms with Crippen LogP contribution in [0.3, 0.4) is 0 Å². The van der Waals surface area contributed by atoms with Crippen LogP contribution in [0.25, 0.3) is 0 Å². The number of carbonyl (C=O) groups excluding carboxylic acids is 1. The summed E-state index contributed by atoms with van der Waals surface area (Å²) in [7, 11) is 0. The third kappa shape index (κ3) is 2.65. The summed E-state index contributed by atoms with van der Waals surface area (Å²) in [5.74, 6) is -0.245. The van der Waals surface area contributed by atoms with Gasteiger partial charge in [-0.2, -0.15) is 0 Å². The first-order valence-corrected chi connectivity index (χ1v) is 7.47. The summed E-state index contributed by atoms with van der Waals surface area (Å²) in [6.45, 7) is 3.71. The van der Waals surface area contributed by atoms with Crippen molar-refractivity contribution in [3.63, 3.8) is 0 Å². The second-order valence-electron chi connectivity index (χ2n) is 6.02. The number of hydrogen-bond donors (Lipinski definition) is 2. The summed E-state index contributed by atoms with van der Waals surface area (Å²) in [5.41, 5.74) is 2.10. The Balaban J connectivity index is 1.80. The molecule has 2 heterocycles. The molecule has 1 saturated heterocycles. The minimum atomic E-state index is -0.926. The minimum absolute atomic E-state index is 0.112. The van der Waals surface area contributed by atoms with Crippen LogP contribution in [0.1, 0.15) is 35.7 Å². The molecule has 2 unspecified atom stereocenters. The molecule has 0 aliphatic carbocycles. The maximum Gasteiger partial charge on any atom is 0.335 e. The van der Waals surface area contributed by atoms with E-state index in [-0.39, 0.29) is 17.5 Å². The molecule has 0 radical (unpaired) electrons. The number of carboxylic acid groups (broad SMARTS) is 1. The van der Waals surface area contributed by atoms with Gasteiger partial charge in [0.15, 0.2) is 0 Å². The van der Waals surface area contributed by atoms with E-state index in [1.165, 1.54) is 0 Å². The third-order valence-electron chi connectivity index (χ3n) is 4.45. The van der Waals surface area contributed by atoms with Gasteiger partial charge in [0.05, 0.1) is 11.6 Å². The molecule has 0 spiro atoms. The van der Waals surface area contributed by atoms with E-state index in [0.29, 0.717) is 12.5 Å². The van der Waals surface area contributed by atoms with Crippen molar-refractivity contribution in [2.75, 3.05) is 18.0 Å². The van der Waals surface area contributed by atoms with Crippen molar-refractivity contribution in [2.45, 2.75) is 32.2 Å². The highest BCUT2D eigenvalue weighted by Crippen LogP contribution is 2.30.